The van der Waals surface area contributed by atoms with E-state index >= 15 is 0 Å². The molecule has 1 aromatic rings. The summed E-state index contributed by atoms with van der Waals surface area (Å²) in [7, 11) is 0. The Morgan fingerprint density at radius 3 is 2.62 bits per heavy atom. The number of benzene rings is 1. The minimum atomic E-state index is -0.497. The standard InChI is InChI=1S/C22H29NO6/c1-22(2,3)29-21(26)23-11-9-16(10-12-23)27-13-5-7-15-6-4-8-17-18(24)14-19(25)28-20(15)17/h4,6,8,16H,5,7,9-14H2,1-3H3. The number of hydrogen-bond acceptors (Lipinski definition) is 6. The summed E-state index contributed by atoms with van der Waals surface area (Å²) in [5.41, 5.74) is 0.852. The van der Waals surface area contributed by atoms with E-state index in [-0.39, 0.29) is 24.4 Å². The molecule has 3 rings (SSSR count). The highest BCUT2D eigenvalue weighted by molar-refractivity contribution is 6.11. The van der Waals surface area contributed by atoms with E-state index in [2.05, 4.69) is 0 Å². The highest BCUT2D eigenvalue weighted by Gasteiger charge is 2.28. The third kappa shape index (κ3) is 5.79. The fraction of sp³-hybridized carbons (Fsp3) is 0.591. The molecule has 0 bridgehead atoms. The smallest absolute Gasteiger partial charge is 0.410 e. The van der Waals surface area contributed by atoms with Gasteiger partial charge in [0.25, 0.3) is 0 Å². The Hall–Kier alpha value is -2.41. The fourth-order valence-corrected chi connectivity index (χ4v) is 3.54. The molecule has 0 saturated carbocycles. The lowest BCUT2D eigenvalue weighted by molar-refractivity contribution is -0.133. The fourth-order valence-electron chi connectivity index (χ4n) is 3.54. The van der Waals surface area contributed by atoms with Gasteiger partial charge in [0.2, 0.25) is 0 Å². The van der Waals surface area contributed by atoms with E-state index < -0.39 is 11.6 Å². The molecule has 2 aliphatic rings. The van der Waals surface area contributed by atoms with Crippen LogP contribution in [0.25, 0.3) is 0 Å². The number of nitrogens with zero attached hydrogens (tertiary/aromatic N) is 1. The second-order valence-electron chi connectivity index (χ2n) is 8.51. The summed E-state index contributed by atoms with van der Waals surface area (Å²) in [5.74, 6) is -0.284. The molecule has 2 heterocycles. The van der Waals surface area contributed by atoms with Gasteiger partial charge in [-0.15, -0.1) is 0 Å². The Morgan fingerprint density at radius 2 is 1.93 bits per heavy atom. The Balaban J connectivity index is 1.41. The third-order valence-corrected chi connectivity index (χ3v) is 4.96. The van der Waals surface area contributed by atoms with E-state index in [9.17, 15) is 14.4 Å². The zero-order chi connectivity index (χ0) is 21.0. The molecule has 0 aromatic heterocycles. The number of para-hydroxylation sites is 1. The predicted octanol–water partition coefficient (Wildman–Crippen LogP) is 3.53. The van der Waals surface area contributed by atoms with Crippen LogP contribution in [0.2, 0.25) is 0 Å². The number of hydrogen-bond donors (Lipinski definition) is 0. The molecule has 1 aromatic carbocycles. The normalized spacial score (nSPS) is 17.7. The summed E-state index contributed by atoms with van der Waals surface area (Å²) in [5, 5.41) is 0. The SMILES string of the molecule is CC(C)(C)OC(=O)N1CCC(OCCCc2cccc3c2OC(=O)CC3=O)CC1. The maximum Gasteiger partial charge on any atom is 0.410 e. The van der Waals surface area contributed by atoms with E-state index in [1.807, 2.05) is 32.9 Å². The Morgan fingerprint density at radius 1 is 1.21 bits per heavy atom. The van der Waals surface area contributed by atoms with Gasteiger partial charge in [-0.3, -0.25) is 9.59 Å². The van der Waals surface area contributed by atoms with Crippen molar-refractivity contribution >= 4 is 17.8 Å². The van der Waals surface area contributed by atoms with Crippen LogP contribution in [0.3, 0.4) is 0 Å². The number of ether oxygens (including phenoxy) is 3. The Kier molecular flexibility index (Phi) is 6.57. The van der Waals surface area contributed by atoms with Crippen LogP contribution in [0.1, 0.15) is 62.4 Å². The summed E-state index contributed by atoms with van der Waals surface area (Å²) in [6, 6.07) is 5.39. The van der Waals surface area contributed by atoms with Crippen LogP contribution in [0.15, 0.2) is 18.2 Å². The molecule has 0 aliphatic carbocycles. The summed E-state index contributed by atoms with van der Waals surface area (Å²) >= 11 is 0. The summed E-state index contributed by atoms with van der Waals surface area (Å²) in [6.07, 6.45) is 2.65. The maximum atomic E-state index is 12.1. The van der Waals surface area contributed by atoms with Gasteiger partial charge in [-0.05, 0) is 58.1 Å². The third-order valence-electron chi connectivity index (χ3n) is 4.96. The number of esters is 1. The molecule has 2 aliphatic heterocycles. The number of rotatable bonds is 5. The van der Waals surface area contributed by atoms with Crippen molar-refractivity contribution in [1.82, 2.24) is 4.90 Å². The van der Waals surface area contributed by atoms with Crippen molar-refractivity contribution in [2.45, 2.75) is 64.6 Å². The van der Waals surface area contributed by atoms with Crippen molar-refractivity contribution in [3.8, 4) is 5.75 Å². The summed E-state index contributed by atoms with van der Waals surface area (Å²) in [4.78, 5) is 37.4. The van der Waals surface area contributed by atoms with E-state index in [0.29, 0.717) is 37.4 Å². The average Bonchev–Trinajstić information content (AvgIpc) is 2.64. The molecular formula is C22H29NO6. The lowest BCUT2D eigenvalue weighted by atomic mass is 9.98. The van der Waals surface area contributed by atoms with Crippen LogP contribution in [0.4, 0.5) is 4.79 Å². The molecule has 0 radical (unpaired) electrons. The van der Waals surface area contributed by atoms with Crippen molar-refractivity contribution in [3.63, 3.8) is 0 Å². The molecule has 29 heavy (non-hydrogen) atoms. The zero-order valence-corrected chi connectivity index (χ0v) is 17.4. The van der Waals surface area contributed by atoms with Gasteiger partial charge in [-0.2, -0.15) is 0 Å². The molecule has 1 saturated heterocycles. The average molecular weight is 403 g/mol. The molecule has 0 N–H and O–H groups in total. The monoisotopic (exact) mass is 403 g/mol. The van der Waals surface area contributed by atoms with E-state index in [1.165, 1.54) is 0 Å². The minimum Gasteiger partial charge on any atom is -0.444 e. The Bertz CT molecular complexity index is 774. The van der Waals surface area contributed by atoms with Gasteiger partial charge in [0.15, 0.2) is 5.78 Å². The molecule has 158 valence electrons. The topological polar surface area (TPSA) is 82.1 Å². The maximum absolute atomic E-state index is 12.1. The van der Waals surface area contributed by atoms with Gasteiger partial charge >= 0.3 is 12.1 Å². The number of likely N-dealkylation sites (tertiary alicyclic amines) is 1. The van der Waals surface area contributed by atoms with Crippen LogP contribution in [0.5, 0.6) is 5.75 Å². The predicted molar refractivity (Wildman–Crippen MR) is 106 cm³/mol. The second-order valence-corrected chi connectivity index (χ2v) is 8.51. The molecule has 0 unspecified atom stereocenters. The van der Waals surface area contributed by atoms with Crippen LogP contribution in [-0.4, -0.2) is 54.1 Å². The number of fused-ring (bicyclic) bond motifs is 1. The van der Waals surface area contributed by atoms with E-state index in [4.69, 9.17) is 14.2 Å². The summed E-state index contributed by atoms with van der Waals surface area (Å²) in [6.45, 7) is 7.42. The zero-order valence-electron chi connectivity index (χ0n) is 17.4. The van der Waals surface area contributed by atoms with Crippen molar-refractivity contribution in [3.05, 3.63) is 29.3 Å². The van der Waals surface area contributed by atoms with Crippen molar-refractivity contribution in [2.24, 2.45) is 0 Å². The second kappa shape index (κ2) is 8.95. The van der Waals surface area contributed by atoms with Gasteiger partial charge in [-0.25, -0.2) is 4.79 Å². The number of piperidine rings is 1. The van der Waals surface area contributed by atoms with Crippen molar-refractivity contribution in [2.75, 3.05) is 19.7 Å². The van der Waals surface area contributed by atoms with Gasteiger partial charge < -0.3 is 19.1 Å². The first-order valence-corrected chi connectivity index (χ1v) is 10.2. The van der Waals surface area contributed by atoms with Crippen LogP contribution in [-0.2, 0) is 20.7 Å². The van der Waals surface area contributed by atoms with E-state index in [1.54, 1.807) is 11.0 Å². The lowest BCUT2D eigenvalue weighted by Crippen LogP contribution is -2.43. The van der Waals surface area contributed by atoms with Crippen LogP contribution in [0, 0.1) is 0 Å². The molecule has 7 heteroatoms. The Labute approximate surface area is 171 Å². The largest absolute Gasteiger partial charge is 0.444 e. The molecule has 7 nitrogen and oxygen atoms in total. The molecule has 1 amide bonds. The lowest BCUT2D eigenvalue weighted by Gasteiger charge is -2.33. The van der Waals surface area contributed by atoms with Crippen LogP contribution >= 0.6 is 0 Å². The molecule has 1 fully saturated rings. The summed E-state index contributed by atoms with van der Waals surface area (Å²) < 4.78 is 16.7. The number of ketones is 1. The first-order valence-electron chi connectivity index (χ1n) is 10.2. The highest BCUT2D eigenvalue weighted by Crippen LogP contribution is 2.30. The van der Waals surface area contributed by atoms with Gasteiger partial charge in [0.05, 0.1) is 11.7 Å². The first kappa shape index (κ1) is 21.3. The first-order chi connectivity index (χ1) is 13.7. The number of aryl methyl sites for hydroxylation is 1. The van der Waals surface area contributed by atoms with Crippen molar-refractivity contribution in [1.29, 1.82) is 0 Å². The number of carbonyl (C=O) groups is 3. The van der Waals surface area contributed by atoms with Gasteiger partial charge in [0.1, 0.15) is 17.8 Å². The van der Waals surface area contributed by atoms with Crippen molar-refractivity contribution < 1.29 is 28.6 Å². The number of amides is 1. The highest BCUT2D eigenvalue weighted by atomic mass is 16.6. The number of Topliss-reactive ketones (excluding diaryl/α,β-unsaturated/α-hetero) is 1. The quantitative estimate of drug-likeness (QED) is 0.324. The molecular weight excluding hydrogens is 374 g/mol. The van der Waals surface area contributed by atoms with Gasteiger partial charge in [-0.1, -0.05) is 12.1 Å². The number of carbonyl (C=O) groups excluding carboxylic acids is 3. The minimum absolute atomic E-state index is 0.123. The van der Waals surface area contributed by atoms with Crippen LogP contribution < -0.4 is 4.74 Å². The molecule has 0 atom stereocenters. The van der Waals surface area contributed by atoms with Gasteiger partial charge in [0, 0.05) is 19.7 Å². The van der Waals surface area contributed by atoms with E-state index in [0.717, 1.165) is 24.8 Å². The molecule has 0 spiro atoms.